The third-order valence-electron chi connectivity index (χ3n) is 4.76. The third kappa shape index (κ3) is 4.37. The number of aryl methyl sites for hydroxylation is 1. The zero-order chi connectivity index (χ0) is 23.6. The maximum Gasteiger partial charge on any atom is 0.342 e. The Morgan fingerprint density at radius 2 is 1.72 bits per heavy atom. The summed E-state index contributed by atoms with van der Waals surface area (Å²) >= 11 is 5.97. The highest BCUT2D eigenvalue weighted by atomic mass is 35.5. The summed E-state index contributed by atoms with van der Waals surface area (Å²) in [7, 11) is 1.45. The van der Waals surface area contributed by atoms with Crippen LogP contribution >= 0.6 is 11.6 Å². The highest BCUT2D eigenvalue weighted by molar-refractivity contribution is 6.30. The van der Waals surface area contributed by atoms with Gasteiger partial charge in [0, 0.05) is 16.1 Å². The van der Waals surface area contributed by atoms with Gasteiger partial charge in [-0.3, -0.25) is 4.79 Å². The quantitative estimate of drug-likeness (QED) is 0.419. The average Bonchev–Trinajstić information content (AvgIpc) is 2.71. The van der Waals surface area contributed by atoms with Crippen molar-refractivity contribution in [1.29, 1.82) is 0 Å². The summed E-state index contributed by atoms with van der Waals surface area (Å²) in [6.45, 7) is 1.84. The van der Waals surface area contributed by atoms with Crippen LogP contribution in [0.1, 0.15) is 31.8 Å². The monoisotopic (exact) mass is 458 g/mol. The molecule has 9 nitrogen and oxygen atoms in total. The standard InChI is InChI=1S/C22H19ClN2O7/c1-10-7-13(23)4-6-14(10)32-9-12-8-11(3-5-15(12)31-2)16-17(21(27)28)19(24)25-20(26)18(16)22(29)30/h3-8H,9H2,1-2H3,(H,27,28)(H,29,30)(H3,24,25,26). The van der Waals surface area contributed by atoms with Crippen molar-refractivity contribution in [3.8, 4) is 22.6 Å². The normalized spacial score (nSPS) is 10.6. The lowest BCUT2D eigenvalue weighted by molar-refractivity contribution is 0.0695. The Bertz CT molecular complexity index is 1280. The fourth-order valence-corrected chi connectivity index (χ4v) is 3.54. The summed E-state index contributed by atoms with van der Waals surface area (Å²) in [6.07, 6.45) is 0. The van der Waals surface area contributed by atoms with Crippen LogP contribution in [0.15, 0.2) is 41.2 Å². The van der Waals surface area contributed by atoms with Gasteiger partial charge in [-0.2, -0.15) is 0 Å². The molecule has 32 heavy (non-hydrogen) atoms. The largest absolute Gasteiger partial charge is 0.496 e. The minimum atomic E-state index is -1.59. The van der Waals surface area contributed by atoms with Crippen molar-refractivity contribution in [2.75, 3.05) is 12.8 Å². The number of methoxy groups -OCH3 is 1. The Balaban J connectivity index is 2.15. The fourth-order valence-electron chi connectivity index (χ4n) is 3.31. The van der Waals surface area contributed by atoms with Crippen LogP contribution in [-0.2, 0) is 6.61 Å². The average molecular weight is 459 g/mol. The molecule has 0 aliphatic rings. The lowest BCUT2D eigenvalue weighted by Crippen LogP contribution is -2.24. The number of benzene rings is 2. The molecule has 10 heteroatoms. The number of aromatic nitrogens is 1. The number of nitrogen functional groups attached to an aromatic ring is 1. The lowest BCUT2D eigenvalue weighted by atomic mass is 9.94. The second kappa shape index (κ2) is 9.03. The SMILES string of the molecule is COc1ccc(-c2c(C(=O)O)c(N)[nH]c(=O)c2C(=O)O)cc1COc1ccc(Cl)cc1C. The molecule has 0 amide bonds. The number of anilines is 1. The van der Waals surface area contributed by atoms with Crippen molar-refractivity contribution in [1.82, 2.24) is 4.98 Å². The Morgan fingerprint density at radius 1 is 1.06 bits per heavy atom. The number of ether oxygens (including phenoxy) is 2. The molecular formula is C22H19ClN2O7. The van der Waals surface area contributed by atoms with Crippen LogP contribution < -0.4 is 20.8 Å². The van der Waals surface area contributed by atoms with Gasteiger partial charge in [0.1, 0.15) is 35.1 Å². The van der Waals surface area contributed by atoms with E-state index >= 15 is 0 Å². The van der Waals surface area contributed by atoms with Crippen LogP contribution in [0, 0.1) is 6.92 Å². The van der Waals surface area contributed by atoms with Crippen molar-refractivity contribution < 1.29 is 29.3 Å². The van der Waals surface area contributed by atoms with Gasteiger partial charge in [0.15, 0.2) is 0 Å². The Labute approximate surface area is 187 Å². The molecule has 0 radical (unpaired) electrons. The molecule has 0 spiro atoms. The second-order valence-corrected chi connectivity index (χ2v) is 7.26. The number of hydrogen-bond donors (Lipinski definition) is 4. The molecular weight excluding hydrogens is 440 g/mol. The van der Waals surface area contributed by atoms with E-state index < -0.39 is 34.4 Å². The summed E-state index contributed by atoms with van der Waals surface area (Å²) in [5, 5.41) is 19.7. The lowest BCUT2D eigenvalue weighted by Gasteiger charge is -2.16. The van der Waals surface area contributed by atoms with E-state index in [0.717, 1.165) is 5.56 Å². The van der Waals surface area contributed by atoms with Crippen molar-refractivity contribution in [2.45, 2.75) is 13.5 Å². The molecule has 0 unspecified atom stereocenters. The molecule has 3 aromatic rings. The van der Waals surface area contributed by atoms with Gasteiger partial charge in [0.25, 0.3) is 5.56 Å². The van der Waals surface area contributed by atoms with Crippen LogP contribution in [0.4, 0.5) is 5.82 Å². The number of hydrogen-bond acceptors (Lipinski definition) is 6. The predicted octanol–water partition coefficient (Wildman–Crippen LogP) is 3.57. The molecule has 0 aliphatic carbocycles. The van der Waals surface area contributed by atoms with Crippen LogP contribution in [0.2, 0.25) is 5.02 Å². The van der Waals surface area contributed by atoms with Crippen LogP contribution in [0.25, 0.3) is 11.1 Å². The van der Waals surface area contributed by atoms with Crippen molar-refractivity contribution >= 4 is 29.4 Å². The minimum absolute atomic E-state index is 0.0168. The van der Waals surface area contributed by atoms with Gasteiger partial charge in [0.05, 0.1) is 7.11 Å². The highest BCUT2D eigenvalue weighted by Gasteiger charge is 2.27. The molecule has 166 valence electrons. The van der Waals surface area contributed by atoms with Gasteiger partial charge in [-0.05, 0) is 48.4 Å². The molecule has 0 bridgehead atoms. The Kier molecular flexibility index (Phi) is 6.40. The zero-order valence-electron chi connectivity index (χ0n) is 17.1. The van der Waals surface area contributed by atoms with Crippen molar-refractivity contribution in [3.63, 3.8) is 0 Å². The molecule has 0 saturated heterocycles. The number of carboxylic acid groups (broad SMARTS) is 2. The molecule has 3 rings (SSSR count). The number of aromatic carboxylic acids is 2. The number of pyridine rings is 1. The second-order valence-electron chi connectivity index (χ2n) is 6.83. The van der Waals surface area contributed by atoms with E-state index in [4.69, 9.17) is 26.8 Å². The molecule has 0 saturated carbocycles. The smallest absolute Gasteiger partial charge is 0.342 e. The molecule has 5 N–H and O–H groups in total. The number of rotatable bonds is 7. The number of nitrogens with one attached hydrogen (secondary N) is 1. The summed E-state index contributed by atoms with van der Waals surface area (Å²) in [6, 6.07) is 9.59. The van der Waals surface area contributed by atoms with Gasteiger partial charge in [-0.1, -0.05) is 17.7 Å². The predicted molar refractivity (Wildman–Crippen MR) is 118 cm³/mol. The number of nitrogens with two attached hydrogens (primary N) is 1. The van der Waals surface area contributed by atoms with Gasteiger partial charge in [-0.25, -0.2) is 9.59 Å². The number of carboxylic acids is 2. The van der Waals surface area contributed by atoms with E-state index in [2.05, 4.69) is 4.98 Å². The highest BCUT2D eigenvalue weighted by Crippen LogP contribution is 2.33. The van der Waals surface area contributed by atoms with Crippen molar-refractivity contribution in [3.05, 3.63) is 74.0 Å². The Hall–Kier alpha value is -3.98. The number of halogens is 1. The molecule has 1 aromatic heterocycles. The first-order chi connectivity index (χ1) is 15.1. The van der Waals surface area contributed by atoms with E-state index in [-0.39, 0.29) is 17.7 Å². The molecule has 1 heterocycles. The number of carbonyl (C=O) groups is 2. The zero-order valence-corrected chi connectivity index (χ0v) is 17.8. The summed E-state index contributed by atoms with van der Waals surface area (Å²) < 4.78 is 11.2. The van der Waals surface area contributed by atoms with Gasteiger partial charge < -0.3 is 30.4 Å². The van der Waals surface area contributed by atoms with Gasteiger partial charge >= 0.3 is 11.9 Å². The first-order valence-corrected chi connectivity index (χ1v) is 9.60. The van der Waals surface area contributed by atoms with Crippen LogP contribution in [0.5, 0.6) is 11.5 Å². The van der Waals surface area contributed by atoms with E-state index in [1.54, 1.807) is 18.2 Å². The van der Waals surface area contributed by atoms with E-state index in [1.165, 1.54) is 25.3 Å². The van der Waals surface area contributed by atoms with Crippen molar-refractivity contribution in [2.24, 2.45) is 0 Å². The summed E-state index contributed by atoms with van der Waals surface area (Å²) in [4.78, 5) is 37.9. The van der Waals surface area contributed by atoms with E-state index in [9.17, 15) is 24.6 Å². The van der Waals surface area contributed by atoms with Crippen LogP contribution in [-0.4, -0.2) is 34.2 Å². The van der Waals surface area contributed by atoms with Gasteiger partial charge in [-0.15, -0.1) is 0 Å². The minimum Gasteiger partial charge on any atom is -0.496 e. The molecule has 0 atom stereocenters. The Morgan fingerprint density at radius 3 is 2.31 bits per heavy atom. The van der Waals surface area contributed by atoms with Crippen LogP contribution in [0.3, 0.4) is 0 Å². The van der Waals surface area contributed by atoms with E-state index in [1.807, 2.05) is 6.92 Å². The number of H-pyrrole nitrogens is 1. The first kappa shape index (κ1) is 22.7. The summed E-state index contributed by atoms with van der Waals surface area (Å²) in [5.41, 5.74) is 4.57. The maximum atomic E-state index is 12.3. The molecule has 2 aromatic carbocycles. The first-order valence-electron chi connectivity index (χ1n) is 9.22. The fraction of sp³-hybridized carbons (Fsp3) is 0.136. The molecule has 0 fully saturated rings. The van der Waals surface area contributed by atoms with E-state index in [0.29, 0.717) is 22.1 Å². The van der Waals surface area contributed by atoms with Gasteiger partial charge in [0.2, 0.25) is 0 Å². The number of aromatic amines is 1. The topological polar surface area (TPSA) is 152 Å². The summed E-state index contributed by atoms with van der Waals surface area (Å²) in [5.74, 6) is -2.53. The third-order valence-corrected chi connectivity index (χ3v) is 5.00. The molecule has 0 aliphatic heterocycles. The maximum absolute atomic E-state index is 12.3.